The Morgan fingerprint density at radius 3 is 2.41 bits per heavy atom. The van der Waals surface area contributed by atoms with Gasteiger partial charge in [0.05, 0.1) is 0 Å². The fourth-order valence-corrected chi connectivity index (χ4v) is 9.79. The Hall–Kier alpha value is -0.550. The van der Waals surface area contributed by atoms with Crippen LogP contribution in [0.5, 0.6) is 0 Å². The highest BCUT2D eigenvalue weighted by molar-refractivity contribution is 7.88. The SMILES string of the molecule is C#CC1(O)CC[C@@]2(C)C(CC[C@H]3[C@@H]4CC[C@H](C(=O)CC(CS)S(=O)(=O)O)[C@@]4(C)CC[C@@H]32)C1. The number of terminal acetylenes is 1. The van der Waals surface area contributed by atoms with Crippen molar-refractivity contribution in [2.45, 2.75) is 88.9 Å². The van der Waals surface area contributed by atoms with Crippen LogP contribution in [-0.4, -0.2) is 40.5 Å². The molecule has 180 valence electrons. The number of aliphatic hydroxyl groups is 1. The number of thiol groups is 1. The minimum Gasteiger partial charge on any atom is -0.378 e. The quantitative estimate of drug-likeness (QED) is 0.311. The minimum atomic E-state index is -4.27. The Balaban J connectivity index is 1.52. The van der Waals surface area contributed by atoms with E-state index >= 15 is 0 Å². The van der Waals surface area contributed by atoms with Crippen molar-refractivity contribution in [3.8, 4) is 12.3 Å². The van der Waals surface area contributed by atoms with Gasteiger partial charge >= 0.3 is 0 Å². The van der Waals surface area contributed by atoms with Gasteiger partial charge in [0.15, 0.2) is 0 Å². The molecule has 7 heteroatoms. The zero-order valence-corrected chi connectivity index (χ0v) is 21.0. The van der Waals surface area contributed by atoms with Gasteiger partial charge in [-0.25, -0.2) is 0 Å². The first-order valence-corrected chi connectivity index (χ1v) is 14.3. The Bertz CT molecular complexity index is 910. The molecule has 4 fully saturated rings. The lowest BCUT2D eigenvalue weighted by Crippen LogP contribution is -2.56. The van der Waals surface area contributed by atoms with Crippen LogP contribution in [0, 0.1) is 52.8 Å². The summed E-state index contributed by atoms with van der Waals surface area (Å²) in [4.78, 5) is 13.2. The molecule has 0 radical (unpaired) electrons. The number of ketones is 1. The van der Waals surface area contributed by atoms with Crippen molar-refractivity contribution in [1.82, 2.24) is 0 Å². The predicted molar refractivity (Wildman–Crippen MR) is 128 cm³/mol. The summed E-state index contributed by atoms with van der Waals surface area (Å²) in [5.41, 5.74) is -0.866. The second-order valence-corrected chi connectivity index (χ2v) is 13.8. The zero-order chi connectivity index (χ0) is 23.5. The maximum atomic E-state index is 13.2. The number of Topliss-reactive ketones (excluding diaryl/α,β-unsaturated/α-hetero) is 1. The van der Waals surface area contributed by atoms with Crippen LogP contribution in [0.4, 0.5) is 0 Å². The molecule has 3 unspecified atom stereocenters. The third-order valence-corrected chi connectivity index (χ3v) is 12.3. The fraction of sp³-hybridized carbons (Fsp3) is 0.880. The summed E-state index contributed by atoms with van der Waals surface area (Å²) in [5, 5.41) is 9.60. The minimum absolute atomic E-state index is 0.0261. The summed E-state index contributed by atoms with van der Waals surface area (Å²) < 4.78 is 32.7. The number of carbonyl (C=O) groups excluding carboxylic acids is 1. The van der Waals surface area contributed by atoms with Gasteiger partial charge in [0.25, 0.3) is 10.1 Å². The molecule has 32 heavy (non-hydrogen) atoms. The van der Waals surface area contributed by atoms with Gasteiger partial charge in [0.2, 0.25) is 0 Å². The van der Waals surface area contributed by atoms with Crippen molar-refractivity contribution < 1.29 is 22.9 Å². The average molecular weight is 483 g/mol. The van der Waals surface area contributed by atoms with E-state index in [2.05, 4.69) is 32.4 Å². The van der Waals surface area contributed by atoms with E-state index < -0.39 is 21.0 Å². The van der Waals surface area contributed by atoms with Crippen LogP contribution < -0.4 is 0 Å². The molecule has 2 N–H and O–H groups in total. The molecule has 4 aliphatic carbocycles. The molecule has 0 heterocycles. The van der Waals surface area contributed by atoms with Gasteiger partial charge in [0, 0.05) is 18.1 Å². The van der Waals surface area contributed by atoms with E-state index in [0.717, 1.165) is 44.9 Å². The molecule has 0 aromatic rings. The topological polar surface area (TPSA) is 91.7 Å². The van der Waals surface area contributed by atoms with E-state index in [1.165, 1.54) is 0 Å². The molecule has 0 aromatic heterocycles. The highest BCUT2D eigenvalue weighted by atomic mass is 32.2. The van der Waals surface area contributed by atoms with E-state index in [0.29, 0.717) is 36.5 Å². The first kappa shape index (κ1) is 24.6. The summed E-state index contributed by atoms with van der Waals surface area (Å²) in [6, 6.07) is 0. The highest BCUT2D eigenvalue weighted by Gasteiger charge is 2.62. The summed E-state index contributed by atoms with van der Waals surface area (Å²) >= 11 is 4.05. The Labute approximate surface area is 198 Å². The van der Waals surface area contributed by atoms with Crippen molar-refractivity contribution in [3.05, 3.63) is 0 Å². The van der Waals surface area contributed by atoms with Gasteiger partial charge in [-0.3, -0.25) is 9.35 Å². The maximum absolute atomic E-state index is 13.2. The van der Waals surface area contributed by atoms with Crippen LogP contribution in [0.3, 0.4) is 0 Å². The first-order valence-electron chi connectivity index (χ1n) is 12.2. The monoisotopic (exact) mass is 482 g/mol. The largest absolute Gasteiger partial charge is 0.378 e. The van der Waals surface area contributed by atoms with Crippen LogP contribution in [-0.2, 0) is 14.9 Å². The third-order valence-electron chi connectivity index (χ3n) is 10.4. The molecule has 0 amide bonds. The van der Waals surface area contributed by atoms with E-state index in [1.54, 1.807) is 0 Å². The van der Waals surface area contributed by atoms with Crippen LogP contribution in [0.1, 0.15) is 78.1 Å². The summed E-state index contributed by atoms with van der Waals surface area (Å²) in [5.74, 6) is 4.53. The Kier molecular flexibility index (Phi) is 6.36. The van der Waals surface area contributed by atoms with E-state index in [9.17, 15) is 22.9 Å². The molecule has 0 saturated heterocycles. The van der Waals surface area contributed by atoms with Crippen molar-refractivity contribution in [1.29, 1.82) is 0 Å². The van der Waals surface area contributed by atoms with Crippen molar-refractivity contribution in [2.75, 3.05) is 5.75 Å². The van der Waals surface area contributed by atoms with Crippen LogP contribution >= 0.6 is 12.6 Å². The molecule has 4 aliphatic rings. The summed E-state index contributed by atoms with van der Waals surface area (Å²) in [6.07, 6.45) is 13.9. The van der Waals surface area contributed by atoms with Crippen molar-refractivity contribution >= 4 is 28.5 Å². The second kappa shape index (κ2) is 8.29. The van der Waals surface area contributed by atoms with Gasteiger partial charge in [-0.1, -0.05) is 19.8 Å². The van der Waals surface area contributed by atoms with E-state index in [-0.39, 0.29) is 34.7 Å². The lowest BCUT2D eigenvalue weighted by Gasteiger charge is -2.61. The van der Waals surface area contributed by atoms with Crippen molar-refractivity contribution in [3.63, 3.8) is 0 Å². The normalized spacial score (nSPS) is 46.9. The lowest BCUT2D eigenvalue weighted by molar-refractivity contribution is -0.145. The predicted octanol–water partition coefficient (Wildman–Crippen LogP) is 4.16. The fourth-order valence-electron chi connectivity index (χ4n) is 8.54. The highest BCUT2D eigenvalue weighted by Crippen LogP contribution is 2.68. The molecular weight excluding hydrogens is 444 g/mol. The van der Waals surface area contributed by atoms with Crippen LogP contribution in [0.25, 0.3) is 0 Å². The zero-order valence-electron chi connectivity index (χ0n) is 19.3. The third kappa shape index (κ3) is 3.87. The molecule has 5 nitrogen and oxygen atoms in total. The number of hydrogen-bond donors (Lipinski definition) is 3. The number of carbonyl (C=O) groups is 1. The molecule has 4 saturated carbocycles. The molecule has 0 bridgehead atoms. The Morgan fingerprint density at radius 2 is 1.78 bits per heavy atom. The molecule has 4 rings (SSSR count). The van der Waals surface area contributed by atoms with E-state index in [1.807, 2.05) is 0 Å². The maximum Gasteiger partial charge on any atom is 0.269 e. The lowest BCUT2D eigenvalue weighted by atomic mass is 9.44. The summed E-state index contributed by atoms with van der Waals surface area (Å²) in [6.45, 7) is 4.66. The molecular formula is C25H38O5S2. The number of hydrogen-bond acceptors (Lipinski definition) is 5. The first-order chi connectivity index (χ1) is 14.9. The molecule has 0 aromatic carbocycles. The van der Waals surface area contributed by atoms with Gasteiger partial charge in [-0.15, -0.1) is 6.42 Å². The molecule has 0 spiro atoms. The second-order valence-electron chi connectivity index (χ2n) is 11.7. The van der Waals surface area contributed by atoms with Gasteiger partial charge in [0.1, 0.15) is 16.6 Å². The number of fused-ring (bicyclic) bond motifs is 5. The van der Waals surface area contributed by atoms with Crippen LogP contribution in [0.2, 0.25) is 0 Å². The van der Waals surface area contributed by atoms with Gasteiger partial charge in [-0.05, 0) is 92.3 Å². The summed E-state index contributed by atoms with van der Waals surface area (Å²) in [7, 11) is -4.27. The van der Waals surface area contributed by atoms with Gasteiger partial charge < -0.3 is 5.11 Å². The molecule has 9 atom stereocenters. The average Bonchev–Trinajstić information content (AvgIpc) is 3.09. The van der Waals surface area contributed by atoms with Crippen LogP contribution in [0.15, 0.2) is 0 Å². The smallest absolute Gasteiger partial charge is 0.269 e. The number of rotatable bonds is 5. The standard InChI is InChI=1S/C25H38O5S2/c1-4-25(27)12-11-23(2)16(14-25)5-6-18-19-7-8-21(24(19,3)10-9-20(18)23)22(26)13-17(15-31)32(28,29)30/h1,16-21,27,31H,5-15H2,2-3H3,(H,28,29,30)/t16?,17?,18-,19-,20-,21+,23-,24-,25?/m0/s1. The Morgan fingerprint density at radius 1 is 1.09 bits per heavy atom. The van der Waals surface area contributed by atoms with E-state index in [4.69, 9.17) is 6.42 Å². The molecule has 0 aliphatic heterocycles. The van der Waals surface area contributed by atoms with Crippen molar-refractivity contribution in [2.24, 2.45) is 40.4 Å². The van der Waals surface area contributed by atoms with Gasteiger partial charge in [-0.2, -0.15) is 21.0 Å².